The van der Waals surface area contributed by atoms with E-state index in [9.17, 15) is 4.79 Å². The standard InChI is InChI=1S/C10H12N4O/c1-6-3-8(11)9(4-7(6)2)14-5-12-13-10(14)15/h3-5H,11H2,1-2H3,(H,13,15). The molecule has 0 aliphatic heterocycles. The minimum atomic E-state index is -0.287. The first-order valence-electron chi connectivity index (χ1n) is 4.58. The number of nitrogens with one attached hydrogen (secondary N) is 1. The zero-order chi connectivity index (χ0) is 11.0. The molecule has 2 aromatic rings. The van der Waals surface area contributed by atoms with Crippen molar-refractivity contribution < 1.29 is 0 Å². The Kier molecular flexibility index (Phi) is 2.07. The van der Waals surface area contributed by atoms with E-state index in [-0.39, 0.29) is 5.69 Å². The van der Waals surface area contributed by atoms with Crippen molar-refractivity contribution >= 4 is 5.69 Å². The molecule has 0 aliphatic carbocycles. The molecule has 0 amide bonds. The first-order valence-corrected chi connectivity index (χ1v) is 4.58. The maximum Gasteiger partial charge on any atom is 0.347 e. The smallest absolute Gasteiger partial charge is 0.347 e. The molecule has 3 N–H and O–H groups in total. The van der Waals surface area contributed by atoms with Crippen LogP contribution in [0.25, 0.3) is 5.69 Å². The molecule has 0 aliphatic rings. The number of benzene rings is 1. The number of anilines is 1. The van der Waals surface area contributed by atoms with Crippen molar-refractivity contribution in [1.29, 1.82) is 0 Å². The van der Waals surface area contributed by atoms with Crippen LogP contribution >= 0.6 is 0 Å². The zero-order valence-corrected chi connectivity index (χ0v) is 8.61. The van der Waals surface area contributed by atoms with Crippen molar-refractivity contribution in [3.63, 3.8) is 0 Å². The van der Waals surface area contributed by atoms with Gasteiger partial charge in [0.2, 0.25) is 0 Å². The minimum absolute atomic E-state index is 0.287. The van der Waals surface area contributed by atoms with E-state index < -0.39 is 0 Å². The fourth-order valence-corrected chi connectivity index (χ4v) is 1.45. The number of rotatable bonds is 1. The summed E-state index contributed by atoms with van der Waals surface area (Å²) in [4.78, 5) is 11.4. The van der Waals surface area contributed by atoms with Crippen LogP contribution in [0.1, 0.15) is 11.1 Å². The molecule has 15 heavy (non-hydrogen) atoms. The highest BCUT2D eigenvalue weighted by molar-refractivity contribution is 5.60. The second-order valence-corrected chi connectivity index (χ2v) is 3.53. The lowest BCUT2D eigenvalue weighted by Crippen LogP contribution is -2.15. The number of nitrogens with zero attached hydrogens (tertiary/aromatic N) is 2. The Balaban J connectivity index is 2.69. The van der Waals surface area contributed by atoms with Gasteiger partial charge in [0, 0.05) is 0 Å². The molecule has 0 atom stereocenters. The van der Waals surface area contributed by atoms with Crippen molar-refractivity contribution in [3.05, 3.63) is 40.1 Å². The fourth-order valence-electron chi connectivity index (χ4n) is 1.45. The van der Waals surface area contributed by atoms with Crippen LogP contribution in [0.4, 0.5) is 5.69 Å². The van der Waals surface area contributed by atoms with Gasteiger partial charge >= 0.3 is 5.69 Å². The van der Waals surface area contributed by atoms with Gasteiger partial charge in [-0.3, -0.25) is 0 Å². The van der Waals surface area contributed by atoms with E-state index in [1.165, 1.54) is 10.9 Å². The second-order valence-electron chi connectivity index (χ2n) is 3.53. The Morgan fingerprint density at radius 3 is 2.60 bits per heavy atom. The van der Waals surface area contributed by atoms with Gasteiger partial charge in [-0.05, 0) is 37.1 Å². The van der Waals surface area contributed by atoms with E-state index >= 15 is 0 Å². The van der Waals surface area contributed by atoms with E-state index in [2.05, 4.69) is 10.2 Å². The normalized spacial score (nSPS) is 10.5. The van der Waals surface area contributed by atoms with Crippen molar-refractivity contribution in [1.82, 2.24) is 14.8 Å². The molecule has 0 bridgehead atoms. The average Bonchev–Trinajstić information content (AvgIpc) is 2.58. The van der Waals surface area contributed by atoms with Crippen LogP contribution in [0.15, 0.2) is 23.3 Å². The molecule has 78 valence electrons. The van der Waals surface area contributed by atoms with Crippen LogP contribution in [0, 0.1) is 13.8 Å². The molecule has 5 heteroatoms. The third-order valence-corrected chi connectivity index (χ3v) is 2.45. The third-order valence-electron chi connectivity index (χ3n) is 2.45. The molecule has 0 saturated heterocycles. The van der Waals surface area contributed by atoms with Gasteiger partial charge in [0.15, 0.2) is 0 Å². The molecule has 1 aromatic carbocycles. The Bertz CT molecular complexity index is 553. The minimum Gasteiger partial charge on any atom is -0.397 e. The number of aromatic nitrogens is 3. The Morgan fingerprint density at radius 1 is 1.33 bits per heavy atom. The van der Waals surface area contributed by atoms with Crippen molar-refractivity contribution in [2.75, 3.05) is 5.73 Å². The van der Waals surface area contributed by atoms with Crippen LogP contribution < -0.4 is 11.4 Å². The first-order chi connectivity index (χ1) is 7.09. The van der Waals surface area contributed by atoms with Gasteiger partial charge in [-0.15, -0.1) is 0 Å². The largest absolute Gasteiger partial charge is 0.397 e. The number of hydrogen-bond acceptors (Lipinski definition) is 3. The monoisotopic (exact) mass is 204 g/mol. The number of aryl methyl sites for hydroxylation is 2. The van der Waals surface area contributed by atoms with Crippen molar-refractivity contribution in [3.8, 4) is 5.69 Å². The number of nitrogens with two attached hydrogens (primary N) is 1. The van der Waals surface area contributed by atoms with Crippen molar-refractivity contribution in [2.45, 2.75) is 13.8 Å². The number of aromatic amines is 1. The van der Waals surface area contributed by atoms with Gasteiger partial charge in [-0.25, -0.2) is 14.5 Å². The quantitative estimate of drug-likeness (QED) is 0.673. The second kappa shape index (κ2) is 3.27. The molecule has 2 rings (SSSR count). The summed E-state index contributed by atoms with van der Waals surface area (Å²) in [5.41, 5.74) is 8.99. The van der Waals surface area contributed by atoms with Gasteiger partial charge < -0.3 is 5.73 Å². The molecule has 5 nitrogen and oxygen atoms in total. The molecule has 0 fully saturated rings. The van der Waals surface area contributed by atoms with Crippen LogP contribution in [-0.4, -0.2) is 14.8 Å². The predicted octanol–water partition coefficient (Wildman–Crippen LogP) is 0.760. The average molecular weight is 204 g/mol. The summed E-state index contributed by atoms with van der Waals surface area (Å²) in [7, 11) is 0. The maximum atomic E-state index is 11.4. The Labute approximate surface area is 86.5 Å². The summed E-state index contributed by atoms with van der Waals surface area (Å²) in [5, 5.41) is 5.99. The number of nitrogen functional groups attached to an aromatic ring is 1. The lowest BCUT2D eigenvalue weighted by atomic mass is 10.1. The predicted molar refractivity (Wildman–Crippen MR) is 58.1 cm³/mol. The topological polar surface area (TPSA) is 76.7 Å². The zero-order valence-electron chi connectivity index (χ0n) is 8.61. The van der Waals surface area contributed by atoms with E-state index in [4.69, 9.17) is 5.73 Å². The van der Waals surface area contributed by atoms with Crippen LogP contribution in [0.2, 0.25) is 0 Å². The molecule has 0 spiro atoms. The molecule has 0 unspecified atom stereocenters. The van der Waals surface area contributed by atoms with E-state index in [1.807, 2.05) is 26.0 Å². The summed E-state index contributed by atoms with van der Waals surface area (Å²) >= 11 is 0. The molecular weight excluding hydrogens is 192 g/mol. The SMILES string of the molecule is Cc1cc(N)c(-n2cn[nH]c2=O)cc1C. The fraction of sp³-hybridized carbons (Fsp3) is 0.200. The van der Waals surface area contributed by atoms with Crippen LogP contribution in [0.5, 0.6) is 0 Å². The van der Waals surface area contributed by atoms with Gasteiger partial charge in [-0.1, -0.05) is 0 Å². The number of hydrogen-bond donors (Lipinski definition) is 2. The third kappa shape index (κ3) is 1.52. The van der Waals surface area contributed by atoms with Gasteiger partial charge in [0.05, 0.1) is 11.4 Å². The lowest BCUT2D eigenvalue weighted by Gasteiger charge is -2.08. The number of H-pyrrole nitrogens is 1. The Morgan fingerprint density at radius 2 is 2.00 bits per heavy atom. The summed E-state index contributed by atoms with van der Waals surface area (Å²) in [6.07, 6.45) is 1.42. The van der Waals surface area contributed by atoms with Crippen molar-refractivity contribution in [2.24, 2.45) is 0 Å². The molecule has 1 heterocycles. The Hall–Kier alpha value is -2.04. The lowest BCUT2D eigenvalue weighted by molar-refractivity contribution is 0.981. The summed E-state index contributed by atoms with van der Waals surface area (Å²) in [6.45, 7) is 3.96. The highest BCUT2D eigenvalue weighted by Gasteiger charge is 2.06. The van der Waals surface area contributed by atoms with E-state index in [0.717, 1.165) is 11.1 Å². The van der Waals surface area contributed by atoms with Crippen LogP contribution in [-0.2, 0) is 0 Å². The first kappa shape index (κ1) is 9.51. The summed E-state index contributed by atoms with van der Waals surface area (Å²) in [5.74, 6) is 0. The highest BCUT2D eigenvalue weighted by Crippen LogP contribution is 2.20. The molecule has 0 saturated carbocycles. The van der Waals surface area contributed by atoms with E-state index in [0.29, 0.717) is 11.4 Å². The summed E-state index contributed by atoms with van der Waals surface area (Å²) < 4.78 is 1.39. The van der Waals surface area contributed by atoms with Crippen LogP contribution in [0.3, 0.4) is 0 Å². The highest BCUT2D eigenvalue weighted by atomic mass is 16.1. The van der Waals surface area contributed by atoms with E-state index in [1.54, 1.807) is 0 Å². The van der Waals surface area contributed by atoms with Gasteiger partial charge in [-0.2, -0.15) is 5.10 Å². The molecule has 0 radical (unpaired) electrons. The summed E-state index contributed by atoms with van der Waals surface area (Å²) in [6, 6.07) is 3.73. The van der Waals surface area contributed by atoms with Gasteiger partial charge in [0.1, 0.15) is 6.33 Å². The molecule has 1 aromatic heterocycles. The van der Waals surface area contributed by atoms with Gasteiger partial charge in [0.25, 0.3) is 0 Å². The maximum absolute atomic E-state index is 11.4. The molecular formula is C10H12N4O.